The van der Waals surface area contributed by atoms with Crippen LogP contribution >= 0.6 is 0 Å². The number of hydrogen-bond donors (Lipinski definition) is 2. The molecule has 0 spiro atoms. The standard InChI is InChI=1S/C20H28N4O3/c1-21-20(22-9-5-14-26-16-17-6-4-15-27-17)24-12-10-23(11-13-24)18-7-2-3-8-19(18)25/h2-4,6-8,15,25H,5,9-14,16H2,1H3,(H,21,22). The first kappa shape index (κ1) is 19.1. The molecule has 0 bridgehead atoms. The molecule has 1 saturated heterocycles. The summed E-state index contributed by atoms with van der Waals surface area (Å²) in [4.78, 5) is 8.85. The van der Waals surface area contributed by atoms with Crippen LogP contribution in [0.25, 0.3) is 0 Å². The molecule has 1 aliphatic heterocycles. The third-order valence-electron chi connectivity index (χ3n) is 4.59. The molecule has 1 fully saturated rings. The molecule has 27 heavy (non-hydrogen) atoms. The molecule has 2 aromatic rings. The molecule has 7 heteroatoms. The van der Waals surface area contributed by atoms with E-state index in [9.17, 15) is 5.11 Å². The Hall–Kier alpha value is -2.67. The fourth-order valence-corrected chi connectivity index (χ4v) is 3.16. The average Bonchev–Trinajstić information content (AvgIpc) is 3.22. The quantitative estimate of drug-likeness (QED) is 0.441. The SMILES string of the molecule is CN=C(NCCCOCc1ccco1)N1CCN(c2ccccc2O)CC1. The van der Waals surface area contributed by atoms with Crippen molar-refractivity contribution < 1.29 is 14.3 Å². The Labute approximate surface area is 160 Å². The Balaban J connectivity index is 1.36. The minimum absolute atomic E-state index is 0.336. The summed E-state index contributed by atoms with van der Waals surface area (Å²) >= 11 is 0. The number of phenolic OH excluding ortho intramolecular Hbond substituents is 1. The van der Waals surface area contributed by atoms with E-state index in [-0.39, 0.29) is 0 Å². The van der Waals surface area contributed by atoms with Crippen LogP contribution in [-0.2, 0) is 11.3 Å². The van der Waals surface area contributed by atoms with Gasteiger partial charge in [0.15, 0.2) is 5.96 Å². The number of rotatable bonds is 7. The van der Waals surface area contributed by atoms with Crippen LogP contribution in [0.4, 0.5) is 5.69 Å². The third-order valence-corrected chi connectivity index (χ3v) is 4.59. The molecular formula is C20H28N4O3. The predicted octanol–water partition coefficient (Wildman–Crippen LogP) is 2.29. The number of piperazine rings is 1. The second-order valence-corrected chi connectivity index (χ2v) is 6.42. The van der Waals surface area contributed by atoms with Crippen LogP contribution in [0.1, 0.15) is 12.2 Å². The van der Waals surface area contributed by atoms with Gasteiger partial charge in [0.1, 0.15) is 18.1 Å². The molecule has 3 rings (SSSR count). The lowest BCUT2D eigenvalue weighted by atomic mass is 10.2. The molecule has 1 aromatic carbocycles. The van der Waals surface area contributed by atoms with E-state index in [1.807, 2.05) is 37.4 Å². The fourth-order valence-electron chi connectivity index (χ4n) is 3.16. The number of hydrogen-bond acceptors (Lipinski definition) is 5. The summed E-state index contributed by atoms with van der Waals surface area (Å²) in [5.74, 6) is 2.10. The number of anilines is 1. The number of aliphatic imine (C=N–C) groups is 1. The fraction of sp³-hybridized carbons (Fsp3) is 0.450. The number of aromatic hydroxyl groups is 1. The number of benzene rings is 1. The van der Waals surface area contributed by atoms with E-state index < -0.39 is 0 Å². The number of guanidine groups is 1. The zero-order valence-corrected chi connectivity index (χ0v) is 15.8. The Morgan fingerprint density at radius 3 is 2.70 bits per heavy atom. The molecule has 0 radical (unpaired) electrons. The third kappa shape index (κ3) is 5.40. The van der Waals surface area contributed by atoms with Crippen molar-refractivity contribution in [1.29, 1.82) is 0 Å². The predicted molar refractivity (Wildman–Crippen MR) is 106 cm³/mol. The Morgan fingerprint density at radius 2 is 2.00 bits per heavy atom. The minimum Gasteiger partial charge on any atom is -0.506 e. The van der Waals surface area contributed by atoms with Crippen molar-refractivity contribution in [2.75, 3.05) is 51.3 Å². The number of nitrogens with one attached hydrogen (secondary N) is 1. The molecule has 1 aromatic heterocycles. The Kier molecular flexibility index (Phi) is 6.98. The molecule has 0 saturated carbocycles. The smallest absolute Gasteiger partial charge is 0.193 e. The highest BCUT2D eigenvalue weighted by Crippen LogP contribution is 2.27. The van der Waals surface area contributed by atoms with Gasteiger partial charge in [0.05, 0.1) is 12.0 Å². The van der Waals surface area contributed by atoms with Crippen molar-refractivity contribution in [2.45, 2.75) is 13.0 Å². The van der Waals surface area contributed by atoms with Crippen molar-refractivity contribution in [3.05, 3.63) is 48.4 Å². The average molecular weight is 372 g/mol. The van der Waals surface area contributed by atoms with Gasteiger partial charge in [-0.3, -0.25) is 4.99 Å². The van der Waals surface area contributed by atoms with Gasteiger partial charge in [-0.2, -0.15) is 0 Å². The maximum atomic E-state index is 10.0. The second-order valence-electron chi connectivity index (χ2n) is 6.42. The number of para-hydroxylation sites is 2. The zero-order valence-electron chi connectivity index (χ0n) is 15.8. The molecule has 0 atom stereocenters. The summed E-state index contributed by atoms with van der Waals surface area (Å²) in [5, 5.41) is 13.4. The normalized spacial score (nSPS) is 15.2. The van der Waals surface area contributed by atoms with Crippen molar-refractivity contribution in [2.24, 2.45) is 4.99 Å². The van der Waals surface area contributed by atoms with Gasteiger partial charge < -0.3 is 29.4 Å². The number of furan rings is 1. The van der Waals surface area contributed by atoms with Crippen LogP contribution < -0.4 is 10.2 Å². The summed E-state index contributed by atoms with van der Waals surface area (Å²) < 4.78 is 10.8. The maximum Gasteiger partial charge on any atom is 0.193 e. The summed E-state index contributed by atoms with van der Waals surface area (Å²) in [6.07, 6.45) is 2.56. The van der Waals surface area contributed by atoms with Crippen LogP contribution in [0.15, 0.2) is 52.1 Å². The number of phenols is 1. The summed E-state index contributed by atoms with van der Waals surface area (Å²) in [5.41, 5.74) is 0.897. The van der Waals surface area contributed by atoms with E-state index >= 15 is 0 Å². The first-order valence-corrected chi connectivity index (χ1v) is 9.36. The van der Waals surface area contributed by atoms with Crippen molar-refractivity contribution in [1.82, 2.24) is 10.2 Å². The van der Waals surface area contributed by atoms with Gasteiger partial charge in [-0.15, -0.1) is 0 Å². The lowest BCUT2D eigenvalue weighted by molar-refractivity contribution is 0.104. The van der Waals surface area contributed by atoms with Gasteiger partial charge in [0, 0.05) is 46.4 Å². The first-order chi connectivity index (χ1) is 13.3. The van der Waals surface area contributed by atoms with E-state index in [4.69, 9.17) is 9.15 Å². The van der Waals surface area contributed by atoms with E-state index in [0.717, 1.165) is 56.6 Å². The van der Waals surface area contributed by atoms with Gasteiger partial charge in [-0.1, -0.05) is 12.1 Å². The molecule has 146 valence electrons. The summed E-state index contributed by atoms with van der Waals surface area (Å²) in [6.45, 7) is 5.42. The molecule has 0 amide bonds. The van der Waals surface area contributed by atoms with Gasteiger partial charge in [-0.25, -0.2) is 0 Å². The zero-order chi connectivity index (χ0) is 18.9. The topological polar surface area (TPSA) is 73.5 Å². The molecule has 2 N–H and O–H groups in total. The molecule has 0 unspecified atom stereocenters. The minimum atomic E-state index is 0.336. The van der Waals surface area contributed by atoms with Gasteiger partial charge in [-0.05, 0) is 30.7 Å². The number of ether oxygens (including phenoxy) is 1. The van der Waals surface area contributed by atoms with Crippen molar-refractivity contribution in [3.63, 3.8) is 0 Å². The Bertz CT molecular complexity index is 710. The summed E-state index contributed by atoms with van der Waals surface area (Å²) in [6, 6.07) is 11.3. The maximum absolute atomic E-state index is 10.0. The molecule has 7 nitrogen and oxygen atoms in total. The molecule has 0 aliphatic carbocycles. The van der Waals surface area contributed by atoms with E-state index in [1.165, 1.54) is 0 Å². The lowest BCUT2D eigenvalue weighted by Crippen LogP contribution is -2.52. The summed E-state index contributed by atoms with van der Waals surface area (Å²) in [7, 11) is 1.81. The number of nitrogens with zero attached hydrogens (tertiary/aromatic N) is 3. The first-order valence-electron chi connectivity index (χ1n) is 9.36. The van der Waals surface area contributed by atoms with E-state index in [2.05, 4.69) is 20.1 Å². The lowest BCUT2D eigenvalue weighted by Gasteiger charge is -2.37. The van der Waals surface area contributed by atoms with Gasteiger partial charge in [0.25, 0.3) is 0 Å². The van der Waals surface area contributed by atoms with Crippen LogP contribution in [0.2, 0.25) is 0 Å². The highest BCUT2D eigenvalue weighted by atomic mass is 16.5. The van der Waals surface area contributed by atoms with Crippen LogP contribution in [0.5, 0.6) is 5.75 Å². The van der Waals surface area contributed by atoms with Gasteiger partial charge >= 0.3 is 0 Å². The van der Waals surface area contributed by atoms with E-state index in [1.54, 1.807) is 12.3 Å². The van der Waals surface area contributed by atoms with Crippen LogP contribution in [0, 0.1) is 0 Å². The molecule has 2 heterocycles. The Morgan fingerprint density at radius 1 is 1.19 bits per heavy atom. The molecule has 1 aliphatic rings. The van der Waals surface area contributed by atoms with Crippen LogP contribution in [-0.4, -0.2) is 62.3 Å². The second kappa shape index (κ2) is 9.87. The highest BCUT2D eigenvalue weighted by molar-refractivity contribution is 5.80. The van der Waals surface area contributed by atoms with Crippen molar-refractivity contribution in [3.8, 4) is 5.75 Å². The monoisotopic (exact) mass is 372 g/mol. The van der Waals surface area contributed by atoms with Gasteiger partial charge in [0.2, 0.25) is 0 Å². The largest absolute Gasteiger partial charge is 0.506 e. The van der Waals surface area contributed by atoms with Crippen LogP contribution in [0.3, 0.4) is 0 Å². The highest BCUT2D eigenvalue weighted by Gasteiger charge is 2.21. The molecular weight excluding hydrogens is 344 g/mol. The van der Waals surface area contributed by atoms with E-state index in [0.29, 0.717) is 19.0 Å². The van der Waals surface area contributed by atoms with Crippen molar-refractivity contribution >= 4 is 11.6 Å².